The van der Waals surface area contributed by atoms with Gasteiger partial charge >= 0.3 is 0 Å². The van der Waals surface area contributed by atoms with Crippen molar-refractivity contribution in [3.63, 3.8) is 0 Å². The van der Waals surface area contributed by atoms with Gasteiger partial charge in [-0.2, -0.15) is 0 Å². The minimum Gasteiger partial charge on any atom is -0.467 e. The lowest BCUT2D eigenvalue weighted by Crippen LogP contribution is -2.45. The molecular formula is C22H23N5O4S. The van der Waals surface area contributed by atoms with E-state index >= 15 is 0 Å². The third kappa shape index (κ3) is 5.20. The van der Waals surface area contributed by atoms with Gasteiger partial charge in [0.15, 0.2) is 0 Å². The highest BCUT2D eigenvalue weighted by atomic mass is 32.1. The monoisotopic (exact) mass is 453 g/mol. The summed E-state index contributed by atoms with van der Waals surface area (Å²) in [5.41, 5.74) is 1.73. The van der Waals surface area contributed by atoms with Crippen LogP contribution in [-0.2, 0) is 11.3 Å². The van der Waals surface area contributed by atoms with Crippen LogP contribution in [0, 0.1) is 12.8 Å². The van der Waals surface area contributed by atoms with Gasteiger partial charge in [-0.15, -0.1) is 10.2 Å². The number of anilines is 1. The second-order valence-electron chi connectivity index (χ2n) is 7.62. The summed E-state index contributed by atoms with van der Waals surface area (Å²) in [7, 11) is 0. The normalized spacial score (nSPS) is 15.9. The molecule has 3 heterocycles. The molecule has 166 valence electrons. The molecule has 1 aliphatic heterocycles. The molecule has 32 heavy (non-hydrogen) atoms. The van der Waals surface area contributed by atoms with Gasteiger partial charge in [-0.05, 0) is 44.0 Å². The summed E-state index contributed by atoms with van der Waals surface area (Å²) in [4.78, 5) is 39.4. The fourth-order valence-electron chi connectivity index (χ4n) is 3.47. The van der Waals surface area contributed by atoms with Crippen LogP contribution in [0.3, 0.4) is 0 Å². The Labute approximate surface area is 188 Å². The number of aromatic nitrogens is 2. The molecule has 9 nitrogen and oxygen atoms in total. The summed E-state index contributed by atoms with van der Waals surface area (Å²) in [5.74, 6) is -0.485. The quantitative estimate of drug-likeness (QED) is 0.593. The van der Waals surface area contributed by atoms with Gasteiger partial charge in [-0.25, -0.2) is 0 Å². The first kappa shape index (κ1) is 21.7. The molecule has 1 fully saturated rings. The average Bonchev–Trinajstić information content (AvgIpc) is 3.51. The first-order valence-corrected chi connectivity index (χ1v) is 11.1. The van der Waals surface area contributed by atoms with Crippen LogP contribution in [0.15, 0.2) is 47.1 Å². The maximum absolute atomic E-state index is 12.9. The molecule has 2 aromatic heterocycles. The lowest BCUT2D eigenvalue weighted by Gasteiger charge is -2.31. The molecule has 3 aromatic rings. The maximum Gasteiger partial charge on any atom is 0.286 e. The van der Waals surface area contributed by atoms with Crippen molar-refractivity contribution in [2.24, 2.45) is 5.92 Å². The standard InChI is InChI=1S/C22H23N5O4S/c1-14-6-8-16(9-7-14)24-19(29)20-25-26-21(32-20)22(30)27-10-2-4-15(13-27)18(28)23-12-17-5-3-11-31-17/h3,5-9,11,15H,2,4,10,12-13H2,1H3,(H,23,28)(H,24,29)/t15-/m0/s1. The minimum atomic E-state index is -0.417. The molecule has 1 saturated heterocycles. The molecule has 0 saturated carbocycles. The van der Waals surface area contributed by atoms with E-state index in [2.05, 4.69) is 20.8 Å². The van der Waals surface area contributed by atoms with Crippen molar-refractivity contribution in [1.82, 2.24) is 20.4 Å². The second-order valence-corrected chi connectivity index (χ2v) is 8.60. The molecule has 0 radical (unpaired) electrons. The van der Waals surface area contributed by atoms with Gasteiger partial charge in [0.05, 0.1) is 18.7 Å². The van der Waals surface area contributed by atoms with Crippen LogP contribution in [0.25, 0.3) is 0 Å². The number of piperidine rings is 1. The van der Waals surface area contributed by atoms with Gasteiger partial charge in [0.25, 0.3) is 11.8 Å². The third-order valence-corrected chi connectivity index (χ3v) is 6.12. The first-order valence-electron chi connectivity index (χ1n) is 10.3. The summed E-state index contributed by atoms with van der Waals surface area (Å²) >= 11 is 0.945. The van der Waals surface area contributed by atoms with Crippen LogP contribution in [-0.4, -0.2) is 45.9 Å². The number of nitrogens with zero attached hydrogens (tertiary/aromatic N) is 3. The number of benzene rings is 1. The van der Waals surface area contributed by atoms with Gasteiger partial charge in [0.1, 0.15) is 5.76 Å². The van der Waals surface area contributed by atoms with Crippen LogP contribution < -0.4 is 10.6 Å². The van der Waals surface area contributed by atoms with E-state index in [1.165, 1.54) is 0 Å². The van der Waals surface area contributed by atoms with E-state index in [1.807, 2.05) is 19.1 Å². The molecule has 1 aromatic carbocycles. The molecular weight excluding hydrogens is 430 g/mol. The highest BCUT2D eigenvalue weighted by molar-refractivity contribution is 7.15. The fraction of sp³-hybridized carbons (Fsp3) is 0.318. The summed E-state index contributed by atoms with van der Waals surface area (Å²) in [6.45, 7) is 3.10. The minimum absolute atomic E-state index is 0.110. The number of hydrogen-bond donors (Lipinski definition) is 2. The lowest BCUT2D eigenvalue weighted by atomic mass is 9.97. The molecule has 0 spiro atoms. The SMILES string of the molecule is Cc1ccc(NC(=O)c2nnc(C(=O)N3CCC[C@H](C(=O)NCc4ccco4)C3)s2)cc1. The smallest absolute Gasteiger partial charge is 0.286 e. The summed E-state index contributed by atoms with van der Waals surface area (Å²) in [5, 5.41) is 13.6. The number of likely N-dealkylation sites (tertiary alicyclic amines) is 1. The number of nitrogens with one attached hydrogen (secondary N) is 2. The number of carbonyl (C=O) groups is 3. The van der Waals surface area contributed by atoms with E-state index in [0.29, 0.717) is 43.9 Å². The van der Waals surface area contributed by atoms with Crippen LogP contribution in [0.1, 0.15) is 43.8 Å². The molecule has 10 heteroatoms. The molecule has 1 aliphatic rings. The van der Waals surface area contributed by atoms with Gasteiger partial charge in [-0.3, -0.25) is 14.4 Å². The van der Waals surface area contributed by atoms with E-state index in [0.717, 1.165) is 16.9 Å². The predicted octanol–water partition coefficient (Wildman–Crippen LogP) is 2.86. The van der Waals surface area contributed by atoms with Gasteiger partial charge in [-0.1, -0.05) is 29.0 Å². The molecule has 0 unspecified atom stereocenters. The summed E-state index contributed by atoms with van der Waals surface area (Å²) < 4.78 is 5.23. The van der Waals surface area contributed by atoms with Gasteiger partial charge in [0.2, 0.25) is 15.9 Å². The Morgan fingerprint density at radius 2 is 1.94 bits per heavy atom. The van der Waals surface area contributed by atoms with Crippen molar-refractivity contribution in [1.29, 1.82) is 0 Å². The largest absolute Gasteiger partial charge is 0.467 e. The Morgan fingerprint density at radius 3 is 2.69 bits per heavy atom. The topological polar surface area (TPSA) is 117 Å². The Kier molecular flexibility index (Phi) is 6.60. The lowest BCUT2D eigenvalue weighted by molar-refractivity contribution is -0.126. The summed E-state index contributed by atoms with van der Waals surface area (Å²) in [6.07, 6.45) is 2.97. The molecule has 1 atom stereocenters. The zero-order chi connectivity index (χ0) is 22.5. The zero-order valence-electron chi connectivity index (χ0n) is 17.5. The Hall–Kier alpha value is -3.53. The van der Waals surface area contributed by atoms with E-state index in [9.17, 15) is 14.4 Å². The van der Waals surface area contributed by atoms with E-state index in [1.54, 1.807) is 35.4 Å². The van der Waals surface area contributed by atoms with Crippen LogP contribution in [0.4, 0.5) is 5.69 Å². The van der Waals surface area contributed by atoms with E-state index in [-0.39, 0.29) is 27.7 Å². The van der Waals surface area contributed by atoms with Crippen molar-refractivity contribution >= 4 is 34.7 Å². The number of carbonyl (C=O) groups excluding carboxylic acids is 3. The van der Waals surface area contributed by atoms with Crippen molar-refractivity contribution in [2.75, 3.05) is 18.4 Å². The van der Waals surface area contributed by atoms with Crippen molar-refractivity contribution in [3.8, 4) is 0 Å². The predicted molar refractivity (Wildman–Crippen MR) is 118 cm³/mol. The number of hydrogen-bond acceptors (Lipinski definition) is 7. The van der Waals surface area contributed by atoms with Crippen molar-refractivity contribution in [2.45, 2.75) is 26.3 Å². The van der Waals surface area contributed by atoms with E-state index < -0.39 is 5.91 Å². The fourth-order valence-corrected chi connectivity index (χ4v) is 4.17. The number of amides is 3. The molecule has 3 amide bonds. The molecule has 0 bridgehead atoms. The third-order valence-electron chi connectivity index (χ3n) is 5.21. The summed E-state index contributed by atoms with van der Waals surface area (Å²) in [6, 6.07) is 10.9. The first-order chi connectivity index (χ1) is 15.5. The maximum atomic E-state index is 12.9. The van der Waals surface area contributed by atoms with Gasteiger partial charge in [0, 0.05) is 18.8 Å². The van der Waals surface area contributed by atoms with E-state index in [4.69, 9.17) is 4.42 Å². The highest BCUT2D eigenvalue weighted by Gasteiger charge is 2.31. The van der Waals surface area contributed by atoms with Crippen LogP contribution in [0.2, 0.25) is 0 Å². The number of aryl methyl sites for hydroxylation is 1. The van der Waals surface area contributed by atoms with Crippen LogP contribution >= 0.6 is 11.3 Å². The molecule has 2 N–H and O–H groups in total. The Morgan fingerprint density at radius 1 is 1.16 bits per heavy atom. The molecule has 0 aliphatic carbocycles. The second kappa shape index (κ2) is 9.73. The molecule has 4 rings (SSSR count). The van der Waals surface area contributed by atoms with Crippen molar-refractivity contribution in [3.05, 3.63) is 64.0 Å². The highest BCUT2D eigenvalue weighted by Crippen LogP contribution is 2.21. The number of rotatable bonds is 6. The van der Waals surface area contributed by atoms with Crippen LogP contribution in [0.5, 0.6) is 0 Å². The zero-order valence-corrected chi connectivity index (χ0v) is 18.4. The van der Waals surface area contributed by atoms with Gasteiger partial charge < -0.3 is 20.0 Å². The average molecular weight is 454 g/mol. The Balaban J connectivity index is 1.34. The Bertz CT molecular complexity index is 1090. The number of furan rings is 1. The van der Waals surface area contributed by atoms with Crippen molar-refractivity contribution < 1.29 is 18.8 Å².